The molecule has 5 heteroatoms. The fourth-order valence-corrected chi connectivity index (χ4v) is 2.00. The van der Waals surface area contributed by atoms with E-state index in [1.807, 2.05) is 0 Å². The molecule has 2 amide bonds. The standard InChI is InChI=1S/C11H18N2O3/c1-13-5-2-8(6-9(13)15)10(16)12-11(7-14)3-4-11/h8,14H,2-7H2,1H3,(H,12,16). The van der Waals surface area contributed by atoms with Gasteiger partial charge in [0.15, 0.2) is 0 Å². The zero-order valence-electron chi connectivity index (χ0n) is 9.53. The maximum Gasteiger partial charge on any atom is 0.224 e. The van der Waals surface area contributed by atoms with Crippen LogP contribution in [0, 0.1) is 5.92 Å². The number of aliphatic hydroxyl groups is 1. The van der Waals surface area contributed by atoms with E-state index in [-0.39, 0.29) is 29.9 Å². The van der Waals surface area contributed by atoms with Gasteiger partial charge >= 0.3 is 0 Å². The van der Waals surface area contributed by atoms with Gasteiger partial charge in [-0.3, -0.25) is 9.59 Å². The van der Waals surface area contributed by atoms with Gasteiger partial charge in [-0.25, -0.2) is 0 Å². The van der Waals surface area contributed by atoms with Crippen molar-refractivity contribution in [3.63, 3.8) is 0 Å². The summed E-state index contributed by atoms with van der Waals surface area (Å²) in [5.74, 6) is -0.263. The molecule has 1 atom stereocenters. The van der Waals surface area contributed by atoms with Crippen molar-refractivity contribution in [1.82, 2.24) is 10.2 Å². The molecule has 2 rings (SSSR count). The molecular formula is C11H18N2O3. The summed E-state index contributed by atoms with van der Waals surface area (Å²) in [4.78, 5) is 25.0. The molecule has 1 aliphatic carbocycles. The van der Waals surface area contributed by atoms with Crippen molar-refractivity contribution in [2.45, 2.75) is 31.2 Å². The first-order valence-corrected chi connectivity index (χ1v) is 5.73. The number of rotatable bonds is 3. The largest absolute Gasteiger partial charge is 0.394 e. The summed E-state index contributed by atoms with van der Waals surface area (Å²) in [5, 5.41) is 12.0. The second kappa shape index (κ2) is 4.05. The number of nitrogens with one attached hydrogen (secondary N) is 1. The average molecular weight is 226 g/mol. The Morgan fingerprint density at radius 2 is 2.31 bits per heavy atom. The maximum absolute atomic E-state index is 11.9. The van der Waals surface area contributed by atoms with E-state index in [1.54, 1.807) is 11.9 Å². The lowest BCUT2D eigenvalue weighted by Crippen LogP contribution is -2.47. The van der Waals surface area contributed by atoms with Gasteiger partial charge < -0.3 is 15.3 Å². The summed E-state index contributed by atoms with van der Waals surface area (Å²) in [6.45, 7) is 0.641. The van der Waals surface area contributed by atoms with Gasteiger partial charge in [-0.2, -0.15) is 0 Å². The van der Waals surface area contributed by atoms with Gasteiger partial charge in [-0.05, 0) is 19.3 Å². The van der Waals surface area contributed by atoms with Gasteiger partial charge in [-0.1, -0.05) is 0 Å². The van der Waals surface area contributed by atoms with E-state index < -0.39 is 0 Å². The number of nitrogens with zero attached hydrogens (tertiary/aromatic N) is 1. The van der Waals surface area contributed by atoms with Crippen LogP contribution in [0.15, 0.2) is 0 Å². The van der Waals surface area contributed by atoms with E-state index in [0.29, 0.717) is 13.0 Å². The number of carbonyl (C=O) groups is 2. The fourth-order valence-electron chi connectivity index (χ4n) is 2.00. The Balaban J connectivity index is 1.88. The number of hydrogen-bond donors (Lipinski definition) is 2. The molecule has 90 valence electrons. The van der Waals surface area contributed by atoms with Crippen molar-refractivity contribution in [2.24, 2.45) is 5.92 Å². The molecule has 0 spiro atoms. The molecule has 1 saturated heterocycles. The Labute approximate surface area is 94.8 Å². The van der Waals surface area contributed by atoms with E-state index >= 15 is 0 Å². The van der Waals surface area contributed by atoms with Gasteiger partial charge in [0.1, 0.15) is 0 Å². The second-order valence-electron chi connectivity index (χ2n) is 4.93. The molecule has 2 N–H and O–H groups in total. The van der Waals surface area contributed by atoms with E-state index in [1.165, 1.54) is 0 Å². The molecule has 1 saturated carbocycles. The van der Waals surface area contributed by atoms with Crippen molar-refractivity contribution in [1.29, 1.82) is 0 Å². The van der Waals surface area contributed by atoms with Crippen molar-refractivity contribution in [2.75, 3.05) is 20.2 Å². The monoisotopic (exact) mass is 226 g/mol. The Hall–Kier alpha value is -1.10. The number of aliphatic hydroxyl groups excluding tert-OH is 1. The minimum atomic E-state index is -0.372. The lowest BCUT2D eigenvalue weighted by Gasteiger charge is -2.29. The van der Waals surface area contributed by atoms with Gasteiger partial charge in [0, 0.05) is 25.9 Å². The zero-order valence-corrected chi connectivity index (χ0v) is 9.53. The summed E-state index contributed by atoms with van der Waals surface area (Å²) < 4.78 is 0. The number of likely N-dealkylation sites (tertiary alicyclic amines) is 1. The predicted molar refractivity (Wildman–Crippen MR) is 57.6 cm³/mol. The molecule has 0 bridgehead atoms. The molecule has 1 unspecified atom stereocenters. The van der Waals surface area contributed by atoms with Crippen LogP contribution in [-0.4, -0.2) is 47.6 Å². The third kappa shape index (κ3) is 2.19. The number of carbonyl (C=O) groups excluding carboxylic acids is 2. The second-order valence-corrected chi connectivity index (χ2v) is 4.93. The first-order chi connectivity index (χ1) is 7.56. The van der Waals surface area contributed by atoms with Gasteiger partial charge in [0.05, 0.1) is 12.1 Å². The van der Waals surface area contributed by atoms with E-state index in [9.17, 15) is 9.59 Å². The number of piperidine rings is 1. The highest BCUT2D eigenvalue weighted by Gasteiger charge is 2.44. The van der Waals surface area contributed by atoms with Crippen molar-refractivity contribution in [3.8, 4) is 0 Å². The van der Waals surface area contributed by atoms with Crippen molar-refractivity contribution >= 4 is 11.8 Å². The summed E-state index contributed by atoms with van der Waals surface area (Å²) >= 11 is 0. The van der Waals surface area contributed by atoms with Crippen LogP contribution in [0.1, 0.15) is 25.7 Å². The first-order valence-electron chi connectivity index (χ1n) is 5.73. The smallest absolute Gasteiger partial charge is 0.224 e. The van der Waals surface area contributed by atoms with Crippen LogP contribution in [0.4, 0.5) is 0 Å². The lowest BCUT2D eigenvalue weighted by molar-refractivity contribution is -0.139. The molecule has 0 aromatic heterocycles. The summed E-state index contributed by atoms with van der Waals surface area (Å²) in [5.41, 5.74) is -0.372. The highest BCUT2D eigenvalue weighted by molar-refractivity contribution is 5.87. The fraction of sp³-hybridized carbons (Fsp3) is 0.818. The van der Waals surface area contributed by atoms with Crippen LogP contribution in [0.5, 0.6) is 0 Å². The Morgan fingerprint density at radius 1 is 1.62 bits per heavy atom. The average Bonchev–Trinajstić information content (AvgIpc) is 3.02. The minimum Gasteiger partial charge on any atom is -0.394 e. The quantitative estimate of drug-likeness (QED) is 0.681. The Bertz CT molecular complexity index is 312. The van der Waals surface area contributed by atoms with E-state index in [2.05, 4.69) is 5.32 Å². The molecule has 2 aliphatic rings. The van der Waals surface area contributed by atoms with Crippen molar-refractivity contribution < 1.29 is 14.7 Å². The van der Waals surface area contributed by atoms with Crippen LogP contribution in [0.25, 0.3) is 0 Å². The molecule has 16 heavy (non-hydrogen) atoms. The Kier molecular flexibility index (Phi) is 2.88. The Morgan fingerprint density at radius 3 is 2.81 bits per heavy atom. The van der Waals surface area contributed by atoms with Crippen LogP contribution >= 0.6 is 0 Å². The molecule has 1 aliphatic heterocycles. The third-order valence-corrected chi connectivity index (χ3v) is 3.58. The topological polar surface area (TPSA) is 69.6 Å². The third-order valence-electron chi connectivity index (χ3n) is 3.58. The summed E-state index contributed by atoms with van der Waals surface area (Å²) in [6.07, 6.45) is 2.70. The molecule has 0 aromatic carbocycles. The van der Waals surface area contributed by atoms with Crippen molar-refractivity contribution in [3.05, 3.63) is 0 Å². The van der Waals surface area contributed by atoms with Crippen LogP contribution in [0.3, 0.4) is 0 Å². The molecule has 0 radical (unpaired) electrons. The summed E-state index contributed by atoms with van der Waals surface area (Å²) in [7, 11) is 1.76. The molecular weight excluding hydrogens is 208 g/mol. The first kappa shape index (κ1) is 11.4. The van der Waals surface area contributed by atoms with Gasteiger partial charge in [-0.15, -0.1) is 0 Å². The molecule has 1 heterocycles. The van der Waals surface area contributed by atoms with Gasteiger partial charge in [0.2, 0.25) is 11.8 Å². The summed E-state index contributed by atoms with van der Waals surface area (Å²) in [6, 6.07) is 0. The molecule has 0 aromatic rings. The predicted octanol–water partition coefficient (Wildman–Crippen LogP) is -0.504. The highest BCUT2D eigenvalue weighted by Crippen LogP contribution is 2.35. The van der Waals surface area contributed by atoms with Gasteiger partial charge in [0.25, 0.3) is 0 Å². The van der Waals surface area contributed by atoms with E-state index in [4.69, 9.17) is 5.11 Å². The normalized spacial score (nSPS) is 27.8. The van der Waals surface area contributed by atoms with Crippen LogP contribution < -0.4 is 5.32 Å². The zero-order chi connectivity index (χ0) is 11.8. The lowest BCUT2D eigenvalue weighted by atomic mass is 9.95. The highest BCUT2D eigenvalue weighted by atomic mass is 16.3. The number of hydrogen-bond acceptors (Lipinski definition) is 3. The molecule has 5 nitrogen and oxygen atoms in total. The maximum atomic E-state index is 11.9. The van der Waals surface area contributed by atoms with E-state index in [0.717, 1.165) is 19.3 Å². The van der Waals surface area contributed by atoms with Crippen LogP contribution in [0.2, 0.25) is 0 Å². The number of amides is 2. The SMILES string of the molecule is CN1CCC(C(=O)NC2(CO)CC2)CC1=O. The minimum absolute atomic E-state index is 0.000685. The molecule has 2 fully saturated rings. The van der Waals surface area contributed by atoms with Crippen LogP contribution in [-0.2, 0) is 9.59 Å².